The van der Waals surface area contributed by atoms with Crippen LogP contribution in [0.15, 0.2) is 109 Å². The Morgan fingerprint density at radius 2 is 1.24 bits per heavy atom. The van der Waals surface area contributed by atoms with Gasteiger partial charge in [-0.25, -0.2) is 0 Å². The van der Waals surface area contributed by atoms with Crippen LogP contribution in [0.4, 0.5) is 0 Å². The number of halogens is 2. The molecule has 0 radical (unpaired) electrons. The van der Waals surface area contributed by atoms with Gasteiger partial charge in [-0.15, -0.1) is 0 Å². The van der Waals surface area contributed by atoms with E-state index in [1.165, 1.54) is 0 Å². The first kappa shape index (κ1) is 22.4. The second-order valence-electron chi connectivity index (χ2n) is 8.10. The number of aliphatic hydroxyl groups is 1. The van der Waals surface area contributed by atoms with Gasteiger partial charge in [0.25, 0.3) is 0 Å². The SMILES string of the molecule is OC(c1ccc(Cl)cc1)(c1ccc(Cl)cc1)c1ccc2nccc(/C=C/c3ccccc3)c2c1. The summed E-state index contributed by atoms with van der Waals surface area (Å²) < 4.78 is 0. The Morgan fingerprint density at radius 3 is 1.85 bits per heavy atom. The van der Waals surface area contributed by atoms with Crippen molar-refractivity contribution < 1.29 is 5.11 Å². The Balaban J connectivity index is 1.68. The van der Waals surface area contributed by atoms with E-state index in [0.29, 0.717) is 21.2 Å². The van der Waals surface area contributed by atoms with Crippen molar-refractivity contribution in [2.75, 3.05) is 0 Å². The number of pyridine rings is 1. The first-order valence-electron chi connectivity index (χ1n) is 10.9. The van der Waals surface area contributed by atoms with Crippen molar-refractivity contribution >= 4 is 46.3 Å². The zero-order valence-corrected chi connectivity index (χ0v) is 19.7. The average Bonchev–Trinajstić information content (AvgIpc) is 2.88. The molecule has 0 saturated carbocycles. The molecule has 5 rings (SSSR count). The van der Waals surface area contributed by atoms with Gasteiger partial charge in [0.1, 0.15) is 5.60 Å². The first-order chi connectivity index (χ1) is 16.5. The van der Waals surface area contributed by atoms with Crippen molar-refractivity contribution in [3.63, 3.8) is 0 Å². The summed E-state index contributed by atoms with van der Waals surface area (Å²) in [4.78, 5) is 4.54. The van der Waals surface area contributed by atoms with Gasteiger partial charge in [-0.3, -0.25) is 4.98 Å². The van der Waals surface area contributed by atoms with Crippen LogP contribution in [-0.4, -0.2) is 10.1 Å². The molecule has 0 fully saturated rings. The molecule has 0 atom stereocenters. The van der Waals surface area contributed by atoms with Gasteiger partial charge in [0, 0.05) is 21.6 Å². The number of hydrogen-bond donors (Lipinski definition) is 1. The van der Waals surface area contributed by atoms with E-state index in [1.807, 2.05) is 66.7 Å². The molecule has 0 aliphatic heterocycles. The molecule has 0 aliphatic carbocycles. The van der Waals surface area contributed by atoms with Crippen LogP contribution in [0.1, 0.15) is 27.8 Å². The highest BCUT2D eigenvalue weighted by atomic mass is 35.5. The Kier molecular flexibility index (Phi) is 6.21. The molecule has 34 heavy (non-hydrogen) atoms. The lowest BCUT2D eigenvalue weighted by atomic mass is 9.80. The van der Waals surface area contributed by atoms with Gasteiger partial charge in [0.15, 0.2) is 0 Å². The van der Waals surface area contributed by atoms with Crippen LogP contribution in [0.3, 0.4) is 0 Å². The highest BCUT2D eigenvalue weighted by molar-refractivity contribution is 6.30. The zero-order chi connectivity index (χ0) is 23.5. The minimum Gasteiger partial charge on any atom is -0.376 e. The maximum Gasteiger partial charge on any atom is 0.140 e. The molecule has 0 aliphatic rings. The number of hydrogen-bond acceptors (Lipinski definition) is 2. The van der Waals surface area contributed by atoms with E-state index >= 15 is 0 Å². The van der Waals surface area contributed by atoms with E-state index in [4.69, 9.17) is 23.2 Å². The Bertz CT molecular complexity index is 1410. The molecule has 1 N–H and O–H groups in total. The molecule has 2 nitrogen and oxygen atoms in total. The highest BCUT2D eigenvalue weighted by Gasteiger charge is 2.34. The molecule has 0 saturated heterocycles. The van der Waals surface area contributed by atoms with E-state index in [9.17, 15) is 5.11 Å². The average molecular weight is 482 g/mol. The zero-order valence-electron chi connectivity index (χ0n) is 18.2. The fourth-order valence-electron chi connectivity index (χ4n) is 4.17. The predicted molar refractivity (Wildman–Crippen MR) is 142 cm³/mol. The van der Waals surface area contributed by atoms with Gasteiger partial charge >= 0.3 is 0 Å². The third-order valence-corrected chi connectivity index (χ3v) is 6.48. The largest absolute Gasteiger partial charge is 0.376 e. The van der Waals surface area contributed by atoms with Gasteiger partial charge in [0.05, 0.1) is 5.52 Å². The number of aromatic nitrogens is 1. The Morgan fingerprint density at radius 1 is 0.647 bits per heavy atom. The first-order valence-corrected chi connectivity index (χ1v) is 11.7. The highest BCUT2D eigenvalue weighted by Crippen LogP contribution is 2.39. The molecule has 1 aromatic heterocycles. The van der Waals surface area contributed by atoms with Gasteiger partial charge in [-0.05, 0) is 70.3 Å². The molecule has 166 valence electrons. The molecule has 0 amide bonds. The van der Waals surface area contributed by atoms with E-state index in [0.717, 1.165) is 27.6 Å². The van der Waals surface area contributed by atoms with Gasteiger partial charge in [0.2, 0.25) is 0 Å². The molecule has 0 spiro atoms. The van der Waals surface area contributed by atoms with Crippen LogP contribution in [0, 0.1) is 0 Å². The molecule has 1 heterocycles. The molecular weight excluding hydrogens is 461 g/mol. The summed E-state index contributed by atoms with van der Waals surface area (Å²) in [7, 11) is 0. The molecule has 5 aromatic rings. The summed E-state index contributed by atoms with van der Waals surface area (Å²) in [6.45, 7) is 0. The summed E-state index contributed by atoms with van der Waals surface area (Å²) >= 11 is 12.3. The standard InChI is InChI=1S/C30H21Cl2NO/c31-26-13-8-23(9-14-26)30(34,24-10-15-27(32)16-11-24)25-12-17-29-28(20-25)22(18-19-33-29)7-6-21-4-2-1-3-5-21/h1-20,34H/b7-6+. The van der Waals surface area contributed by atoms with Crippen molar-refractivity contribution in [1.82, 2.24) is 4.98 Å². The van der Waals surface area contributed by atoms with E-state index in [2.05, 4.69) is 29.3 Å². The number of fused-ring (bicyclic) bond motifs is 1. The summed E-state index contributed by atoms with van der Waals surface area (Å²) in [5.41, 5.74) is 3.74. The minimum absolute atomic E-state index is 0.609. The molecular formula is C30H21Cl2NO. The third-order valence-electron chi connectivity index (χ3n) is 5.97. The summed E-state index contributed by atoms with van der Waals surface area (Å²) in [6.07, 6.45) is 5.95. The van der Waals surface area contributed by atoms with Crippen LogP contribution >= 0.6 is 23.2 Å². The van der Waals surface area contributed by atoms with Crippen molar-refractivity contribution in [3.05, 3.63) is 147 Å². The van der Waals surface area contributed by atoms with Gasteiger partial charge < -0.3 is 5.11 Å². The van der Waals surface area contributed by atoms with E-state index in [1.54, 1.807) is 30.5 Å². The Hall–Kier alpha value is -3.43. The summed E-state index contributed by atoms with van der Waals surface area (Å²) in [5, 5.41) is 14.4. The third kappa shape index (κ3) is 4.36. The second kappa shape index (κ2) is 9.44. The summed E-state index contributed by atoms with van der Waals surface area (Å²) in [5.74, 6) is 0. The Labute approximate surface area is 208 Å². The predicted octanol–water partition coefficient (Wildman–Crippen LogP) is 8.00. The molecule has 0 bridgehead atoms. The number of benzene rings is 4. The number of rotatable bonds is 5. The lowest BCUT2D eigenvalue weighted by Gasteiger charge is -2.30. The van der Waals surface area contributed by atoms with Crippen molar-refractivity contribution in [1.29, 1.82) is 0 Å². The van der Waals surface area contributed by atoms with Crippen LogP contribution < -0.4 is 0 Å². The lowest BCUT2D eigenvalue weighted by molar-refractivity contribution is 0.126. The van der Waals surface area contributed by atoms with E-state index < -0.39 is 5.60 Å². The van der Waals surface area contributed by atoms with Crippen LogP contribution in [0.5, 0.6) is 0 Å². The fourth-order valence-corrected chi connectivity index (χ4v) is 4.42. The van der Waals surface area contributed by atoms with Crippen molar-refractivity contribution in [2.45, 2.75) is 5.60 Å². The lowest BCUT2D eigenvalue weighted by Crippen LogP contribution is -2.28. The second-order valence-corrected chi connectivity index (χ2v) is 8.97. The quantitative estimate of drug-likeness (QED) is 0.258. The van der Waals surface area contributed by atoms with Crippen LogP contribution in [0.2, 0.25) is 10.0 Å². The normalized spacial score (nSPS) is 11.9. The monoisotopic (exact) mass is 481 g/mol. The van der Waals surface area contributed by atoms with Gasteiger partial charge in [-0.1, -0.05) is 96.0 Å². The molecule has 4 heteroatoms. The fraction of sp³-hybridized carbons (Fsp3) is 0.0333. The van der Waals surface area contributed by atoms with Crippen molar-refractivity contribution in [2.24, 2.45) is 0 Å². The number of nitrogens with zero attached hydrogens (tertiary/aromatic N) is 1. The van der Waals surface area contributed by atoms with Crippen LogP contribution in [-0.2, 0) is 5.60 Å². The van der Waals surface area contributed by atoms with Gasteiger partial charge in [-0.2, -0.15) is 0 Å². The van der Waals surface area contributed by atoms with E-state index in [-0.39, 0.29) is 0 Å². The smallest absolute Gasteiger partial charge is 0.140 e. The summed E-state index contributed by atoms with van der Waals surface area (Å²) in [6, 6.07) is 32.5. The maximum absolute atomic E-state index is 12.2. The van der Waals surface area contributed by atoms with Crippen molar-refractivity contribution in [3.8, 4) is 0 Å². The minimum atomic E-state index is -1.40. The topological polar surface area (TPSA) is 33.1 Å². The molecule has 0 unspecified atom stereocenters. The maximum atomic E-state index is 12.2. The molecule has 4 aromatic carbocycles. The van der Waals surface area contributed by atoms with Crippen LogP contribution in [0.25, 0.3) is 23.1 Å².